The molecule has 1 aromatic heterocycles. The van der Waals surface area contributed by atoms with Gasteiger partial charge in [0.05, 0.1) is 28.1 Å². The number of nitrogens with zero attached hydrogens (tertiary/aromatic N) is 6. The van der Waals surface area contributed by atoms with E-state index in [2.05, 4.69) is 209 Å². The fourth-order valence-corrected chi connectivity index (χ4v) is 10.4. The maximum Gasteiger partial charge on any atom is 0.179 e. The maximum atomic E-state index is 5.68. The lowest BCUT2D eigenvalue weighted by Crippen LogP contribution is -2.62. The first-order valence-electron chi connectivity index (χ1n) is 22.0. The molecule has 60 heavy (non-hydrogen) atoms. The van der Waals surface area contributed by atoms with E-state index in [0.29, 0.717) is 0 Å². The molecule has 306 valence electrons. The van der Waals surface area contributed by atoms with E-state index in [9.17, 15) is 0 Å². The van der Waals surface area contributed by atoms with Gasteiger partial charge < -0.3 is 14.7 Å². The number of allylic oxidation sites excluding steroid dienone is 2. The highest BCUT2D eigenvalue weighted by Crippen LogP contribution is 2.58. The summed E-state index contributed by atoms with van der Waals surface area (Å²) in [7, 11) is 0. The highest BCUT2D eigenvalue weighted by molar-refractivity contribution is 5.95. The van der Waals surface area contributed by atoms with E-state index in [0.717, 1.165) is 70.3 Å². The number of fused-ring (bicyclic) bond motifs is 12. The lowest BCUT2D eigenvalue weighted by molar-refractivity contribution is 0.344. The molecule has 5 unspecified atom stereocenters. The number of para-hydroxylation sites is 6. The smallest absolute Gasteiger partial charge is 0.179 e. The molecule has 4 heterocycles. The number of aromatic nitrogens is 2. The van der Waals surface area contributed by atoms with Gasteiger partial charge in [0.2, 0.25) is 0 Å². The summed E-state index contributed by atoms with van der Waals surface area (Å²) in [5.41, 5.74) is 12.3. The van der Waals surface area contributed by atoms with E-state index in [-0.39, 0.29) is 41.0 Å². The van der Waals surface area contributed by atoms with Crippen molar-refractivity contribution in [3.63, 3.8) is 0 Å². The van der Waals surface area contributed by atoms with Crippen molar-refractivity contribution >= 4 is 56.7 Å². The summed E-state index contributed by atoms with van der Waals surface area (Å²) in [6, 6.07) is 44.6. The Kier molecular flexibility index (Phi) is 9.89. The van der Waals surface area contributed by atoms with Gasteiger partial charge in [0.15, 0.2) is 17.8 Å². The number of benzene rings is 5. The molecule has 5 aromatic carbocycles. The van der Waals surface area contributed by atoms with Gasteiger partial charge in [-0.25, -0.2) is 9.97 Å². The van der Waals surface area contributed by atoms with Crippen LogP contribution < -0.4 is 19.6 Å². The monoisotopic (exact) mass is 792 g/mol. The zero-order valence-corrected chi connectivity index (χ0v) is 36.7. The Labute approximate surface area is 357 Å². The average Bonchev–Trinajstić information content (AvgIpc) is 3.78. The van der Waals surface area contributed by atoms with Crippen LogP contribution in [0.15, 0.2) is 141 Å². The second-order valence-electron chi connectivity index (χ2n) is 18.5. The van der Waals surface area contributed by atoms with E-state index in [1.807, 2.05) is 0 Å². The third-order valence-electron chi connectivity index (χ3n) is 14.3. The Balaban J connectivity index is 1.47. The zero-order valence-electron chi connectivity index (χ0n) is 36.7. The number of hydrogen-bond donors (Lipinski definition) is 0. The molecule has 6 heteroatoms. The van der Waals surface area contributed by atoms with Crippen LogP contribution >= 0.6 is 0 Å². The second kappa shape index (κ2) is 15.0. The summed E-state index contributed by atoms with van der Waals surface area (Å²) in [6.45, 7) is 28.1. The third-order valence-corrected chi connectivity index (χ3v) is 14.3. The minimum Gasteiger partial charge on any atom is -0.326 e. The zero-order chi connectivity index (χ0) is 42.1. The highest BCUT2D eigenvalue weighted by atomic mass is 15.6. The lowest BCUT2D eigenvalue weighted by Gasteiger charge is -2.47. The Morgan fingerprint density at radius 3 is 1.90 bits per heavy atom. The van der Waals surface area contributed by atoms with Gasteiger partial charge in [-0.05, 0) is 109 Å². The van der Waals surface area contributed by atoms with E-state index in [4.69, 9.17) is 16.5 Å². The largest absolute Gasteiger partial charge is 0.326 e. The van der Waals surface area contributed by atoms with Gasteiger partial charge in [0, 0.05) is 28.4 Å². The van der Waals surface area contributed by atoms with Gasteiger partial charge >= 0.3 is 0 Å². The first-order valence-corrected chi connectivity index (χ1v) is 22.0. The molecule has 0 amide bonds. The van der Waals surface area contributed by atoms with Gasteiger partial charge in [-0.2, -0.15) is 0 Å². The number of anilines is 7. The first kappa shape index (κ1) is 39.6. The molecule has 6 nitrogen and oxygen atoms in total. The molecule has 5 atom stereocenters. The lowest BCUT2D eigenvalue weighted by atomic mass is 9.68. The Bertz CT molecular complexity index is 2580. The van der Waals surface area contributed by atoms with Gasteiger partial charge in [-0.3, -0.25) is 4.90 Å². The van der Waals surface area contributed by atoms with Gasteiger partial charge in [0.25, 0.3) is 0 Å². The average molecular weight is 793 g/mol. The molecule has 0 saturated heterocycles. The van der Waals surface area contributed by atoms with Crippen LogP contribution in [-0.4, -0.2) is 28.3 Å². The van der Waals surface area contributed by atoms with Crippen LogP contribution in [0.4, 0.5) is 40.1 Å². The van der Waals surface area contributed by atoms with Gasteiger partial charge in [0.1, 0.15) is 6.17 Å². The number of rotatable bonds is 7. The summed E-state index contributed by atoms with van der Waals surface area (Å²) in [5.74, 6) is 2.31. The molecular formula is C54H60N6. The van der Waals surface area contributed by atoms with Crippen LogP contribution in [0.5, 0.6) is 0 Å². The summed E-state index contributed by atoms with van der Waals surface area (Å²) in [5, 5.41) is 0. The van der Waals surface area contributed by atoms with Crippen LogP contribution in [0, 0.1) is 11.8 Å². The van der Waals surface area contributed by atoms with Crippen molar-refractivity contribution < 1.29 is 0 Å². The molecule has 3 aliphatic rings. The molecule has 6 aromatic rings. The Morgan fingerprint density at radius 2 is 1.27 bits per heavy atom. The van der Waals surface area contributed by atoms with Gasteiger partial charge in [-0.1, -0.05) is 134 Å². The van der Waals surface area contributed by atoms with Crippen LogP contribution in [-0.2, 0) is 10.8 Å². The Hall–Kier alpha value is -5.88. The molecule has 0 aliphatic carbocycles. The van der Waals surface area contributed by atoms with E-state index >= 15 is 0 Å². The van der Waals surface area contributed by atoms with Crippen LogP contribution in [0.1, 0.15) is 91.3 Å². The minimum absolute atomic E-state index is 0.0418. The second-order valence-corrected chi connectivity index (χ2v) is 18.5. The van der Waals surface area contributed by atoms with E-state index in [1.54, 1.807) is 0 Å². The molecular weight excluding hydrogens is 733 g/mol. The normalized spacial score (nSPS) is 19.6. The summed E-state index contributed by atoms with van der Waals surface area (Å²) in [4.78, 5) is 21.8. The molecule has 0 bridgehead atoms. The summed E-state index contributed by atoms with van der Waals surface area (Å²) in [6.07, 6.45) is 4.26. The van der Waals surface area contributed by atoms with Crippen molar-refractivity contribution in [3.8, 4) is 0 Å². The molecule has 0 fully saturated rings. The van der Waals surface area contributed by atoms with E-state index in [1.165, 1.54) is 22.4 Å². The molecule has 0 spiro atoms. The summed E-state index contributed by atoms with van der Waals surface area (Å²) < 4.78 is 0. The van der Waals surface area contributed by atoms with Crippen molar-refractivity contribution in [3.05, 3.63) is 157 Å². The van der Waals surface area contributed by atoms with Crippen LogP contribution in [0.3, 0.4) is 0 Å². The molecule has 9 rings (SSSR count). The fourth-order valence-electron chi connectivity index (χ4n) is 10.4. The number of hydrogen-bond acceptors (Lipinski definition) is 6. The van der Waals surface area contributed by atoms with Crippen LogP contribution in [0.25, 0.3) is 16.6 Å². The molecule has 3 aliphatic heterocycles. The van der Waals surface area contributed by atoms with Crippen molar-refractivity contribution in [1.29, 1.82) is 0 Å². The quantitative estimate of drug-likeness (QED) is 0.150. The first-order chi connectivity index (χ1) is 28.9. The van der Waals surface area contributed by atoms with Crippen LogP contribution in [0.2, 0.25) is 0 Å². The minimum atomic E-state index is -0.302. The predicted octanol–water partition coefficient (Wildman–Crippen LogP) is 13.8. The third kappa shape index (κ3) is 6.13. The molecule has 0 radical (unpaired) electrons. The van der Waals surface area contributed by atoms with Crippen molar-refractivity contribution in [2.24, 2.45) is 11.8 Å². The van der Waals surface area contributed by atoms with Gasteiger partial charge in [-0.15, -0.1) is 6.58 Å². The standard InChI is InChI=1S/C54H60N6/c1-11-35(4)37(6)38(7)57-49-50(56-44-27-19-18-26-43(44)55-49)60-46-32-31-39(53(8,9)10)33-42(46)54(12-2,13-3)34-36(5)41-25-17-20-28-45(41)59-48-30-22-21-29-47(48)58(52(59)51(57)60)40-23-15-14-16-24-40/h11,14-33,35,37-38,51-52H,1,5,12-13,34H2,2-4,6-10H3. The van der Waals surface area contributed by atoms with Crippen molar-refractivity contribution in [1.82, 2.24) is 9.97 Å². The Morgan fingerprint density at radius 1 is 0.683 bits per heavy atom. The maximum absolute atomic E-state index is 5.68. The predicted molar refractivity (Wildman–Crippen MR) is 254 cm³/mol. The molecule has 0 N–H and O–H groups in total. The summed E-state index contributed by atoms with van der Waals surface area (Å²) >= 11 is 0. The highest BCUT2D eigenvalue weighted by Gasteiger charge is 2.55. The fraction of sp³-hybridized carbons (Fsp3) is 0.333. The molecule has 0 saturated carbocycles. The SMILES string of the molecule is C=CC(C)C(C)C(C)N1c2nc3ccccc3nc2N2c3ccc(C(C)(C)C)cc3C(CC)(CC)CC(=C)c3ccccc3N3c4ccccc4N(c4ccccc4)C3C21. The van der Waals surface area contributed by atoms with Crippen molar-refractivity contribution in [2.45, 2.75) is 104 Å². The topological polar surface area (TPSA) is 38.7 Å². The van der Waals surface area contributed by atoms with E-state index < -0.39 is 0 Å². The van der Waals surface area contributed by atoms with Crippen molar-refractivity contribution in [2.75, 3.05) is 19.6 Å².